The molecule has 0 aliphatic rings. The molecule has 0 aromatic heterocycles. The fourth-order valence-corrected chi connectivity index (χ4v) is 6.69. The molecule has 0 aliphatic carbocycles. The van der Waals surface area contributed by atoms with Crippen LogP contribution >= 0.6 is 11.6 Å². The summed E-state index contributed by atoms with van der Waals surface area (Å²) >= 11 is 6.04. The predicted octanol–water partition coefficient (Wildman–Crippen LogP) is 3.13. The van der Waals surface area contributed by atoms with E-state index in [1.165, 1.54) is 21.0 Å². The zero-order valence-corrected chi connectivity index (χ0v) is 44.8. The molecule has 0 spiro atoms. The molecule has 0 radical (unpaired) electrons. The Morgan fingerprint density at radius 1 is 0.589 bits per heavy atom. The molecular weight excluding hydrogens is 970 g/mol. The van der Waals surface area contributed by atoms with Crippen molar-refractivity contribution in [1.82, 2.24) is 42.5 Å². The summed E-state index contributed by atoms with van der Waals surface area (Å²) in [5, 5.41) is 20.6. The molecule has 2 aromatic carbocycles. The number of nitrogens with two attached hydrogens (primary N) is 1. The molecule has 0 fully saturated rings. The largest absolute Gasteiger partial charge is 0.444 e. The van der Waals surface area contributed by atoms with Crippen molar-refractivity contribution in [2.45, 2.75) is 155 Å². The Labute approximate surface area is 432 Å². The summed E-state index contributed by atoms with van der Waals surface area (Å²) in [5.41, 5.74) is 5.22. The molecule has 0 saturated heterocycles. The number of hydrogen-bond donors (Lipinski definition) is 9. The average Bonchev–Trinajstić information content (AvgIpc) is 3.28. The van der Waals surface area contributed by atoms with Gasteiger partial charge in [-0.3, -0.25) is 33.6 Å². The number of nitrogens with one attached hydrogen (secondary N) is 8. The third-order valence-corrected chi connectivity index (χ3v) is 10.2. The quantitative estimate of drug-likeness (QED) is 0.0372. The Morgan fingerprint density at radius 2 is 1.12 bits per heavy atom. The molecule has 0 aliphatic heterocycles. The first kappa shape index (κ1) is 62.8. The molecule has 0 heterocycles. The van der Waals surface area contributed by atoms with Gasteiger partial charge in [0.1, 0.15) is 41.5 Å². The number of rotatable bonds is 26. The summed E-state index contributed by atoms with van der Waals surface area (Å²) in [6, 6.07) is 7.84. The number of unbranched alkanes of at least 4 members (excludes halogenated alkanes) is 1. The predicted molar refractivity (Wildman–Crippen MR) is 273 cm³/mol. The van der Waals surface area contributed by atoms with Gasteiger partial charge in [0.2, 0.25) is 23.6 Å². The lowest BCUT2D eigenvalue weighted by Gasteiger charge is -2.32. The number of halogens is 1. The van der Waals surface area contributed by atoms with Crippen LogP contribution in [0.25, 0.3) is 11.1 Å². The van der Waals surface area contributed by atoms with Crippen LogP contribution in [0.1, 0.15) is 112 Å². The van der Waals surface area contributed by atoms with Crippen molar-refractivity contribution in [2.75, 3.05) is 33.4 Å². The number of amides is 8. The first-order chi connectivity index (χ1) is 33.9. The Morgan fingerprint density at radius 3 is 1.67 bits per heavy atom. The van der Waals surface area contributed by atoms with Gasteiger partial charge in [-0.1, -0.05) is 35.9 Å². The maximum Gasteiger partial charge on any atom is 0.407 e. The molecule has 0 unspecified atom stereocenters. The number of carbonyl (C=O) groups excluding carboxylic acids is 9. The van der Waals surface area contributed by atoms with Crippen molar-refractivity contribution in [3.05, 3.63) is 59.1 Å². The van der Waals surface area contributed by atoms with E-state index in [-0.39, 0.29) is 31.5 Å². The van der Waals surface area contributed by atoms with Crippen LogP contribution in [0.3, 0.4) is 0 Å². The van der Waals surface area contributed by atoms with Crippen molar-refractivity contribution in [1.29, 1.82) is 0 Å². The average molecular weight is 1050 g/mol. The fourth-order valence-electron chi connectivity index (χ4n) is 6.56. The fraction of sp³-hybridized carbons (Fsp3) is 0.580. The van der Waals surface area contributed by atoms with Gasteiger partial charge in [-0.15, -0.1) is 0 Å². The van der Waals surface area contributed by atoms with E-state index in [1.807, 2.05) is 12.1 Å². The highest BCUT2D eigenvalue weighted by atomic mass is 35.5. The highest BCUT2D eigenvalue weighted by Crippen LogP contribution is 2.22. The molecule has 23 heteroatoms. The van der Waals surface area contributed by atoms with Crippen molar-refractivity contribution in [2.24, 2.45) is 5.73 Å². The number of ether oxygens (including phenoxy) is 4. The van der Waals surface area contributed by atoms with E-state index in [1.54, 1.807) is 98.7 Å². The molecular formula is C50H76ClN9O13. The topological polar surface area (TPSA) is 313 Å². The molecule has 6 atom stereocenters. The van der Waals surface area contributed by atoms with Gasteiger partial charge in [0.05, 0.1) is 18.2 Å². The zero-order chi connectivity index (χ0) is 55.3. The smallest absolute Gasteiger partial charge is 0.407 e. The summed E-state index contributed by atoms with van der Waals surface area (Å²) in [4.78, 5) is 120. The summed E-state index contributed by atoms with van der Waals surface area (Å²) in [5.74, 6) is -6.52. The Bertz CT molecular complexity index is 2190. The van der Waals surface area contributed by atoms with Crippen molar-refractivity contribution >= 4 is 65.0 Å². The van der Waals surface area contributed by atoms with E-state index in [0.29, 0.717) is 24.5 Å². The van der Waals surface area contributed by atoms with E-state index in [0.717, 1.165) is 11.1 Å². The van der Waals surface area contributed by atoms with Gasteiger partial charge >= 0.3 is 12.2 Å². The summed E-state index contributed by atoms with van der Waals surface area (Å²) in [6.45, 7) is 18.1. The number of alkyl carbamates (subject to hydrolysis) is 2. The lowest BCUT2D eigenvalue weighted by Crippen LogP contribution is -2.62. The molecule has 8 amide bonds. The second-order valence-corrected chi connectivity index (χ2v) is 20.5. The number of Topliss-reactive ketones (excluding diaryl/α,β-unsaturated/α-hetero) is 1. The van der Waals surface area contributed by atoms with E-state index < -0.39 is 113 Å². The Kier molecular flexibility index (Phi) is 25.2. The SMILES string of the molecule is COCCCNC(=O)C(=O)[C@H](N)NC(=O)[C@H](CCCCNC(=O)OC(C)(C)C)NC(=O)[C@H](C)NC(=O)[C@@H](NC(=O)[C@H](CNC(=O)OC(C)(C)C)NC(=O)c1ccc(-c2ccc(Cl)cc2)cc1)[C@@H](C)OC(C)(C)C. The van der Waals surface area contributed by atoms with Gasteiger partial charge < -0.3 is 67.2 Å². The first-order valence-corrected chi connectivity index (χ1v) is 24.3. The monoisotopic (exact) mass is 1050 g/mol. The number of methoxy groups -OCH3 is 1. The third kappa shape index (κ3) is 24.7. The van der Waals surface area contributed by atoms with Gasteiger partial charge in [-0.2, -0.15) is 0 Å². The van der Waals surface area contributed by atoms with Crippen LogP contribution < -0.4 is 48.3 Å². The molecule has 406 valence electrons. The normalized spacial score (nSPS) is 14.1. The summed E-state index contributed by atoms with van der Waals surface area (Å²) < 4.78 is 21.6. The van der Waals surface area contributed by atoms with Gasteiger partial charge in [-0.05, 0) is 137 Å². The van der Waals surface area contributed by atoms with Gasteiger partial charge in [0, 0.05) is 37.4 Å². The van der Waals surface area contributed by atoms with Gasteiger partial charge in [0.25, 0.3) is 17.6 Å². The number of benzene rings is 2. The van der Waals surface area contributed by atoms with Crippen LogP contribution in [0, 0.1) is 0 Å². The first-order valence-electron chi connectivity index (χ1n) is 24.0. The molecule has 0 saturated carbocycles. The highest BCUT2D eigenvalue weighted by Gasteiger charge is 2.36. The van der Waals surface area contributed by atoms with Gasteiger partial charge in [-0.25, -0.2) is 9.59 Å². The van der Waals surface area contributed by atoms with E-state index in [2.05, 4.69) is 42.5 Å². The van der Waals surface area contributed by atoms with E-state index in [9.17, 15) is 43.2 Å². The van der Waals surface area contributed by atoms with Crippen LogP contribution in [0.2, 0.25) is 5.02 Å². The maximum atomic E-state index is 14.2. The van der Waals surface area contributed by atoms with Crippen LogP contribution in [0.5, 0.6) is 0 Å². The zero-order valence-electron chi connectivity index (χ0n) is 44.0. The molecule has 22 nitrogen and oxygen atoms in total. The second kappa shape index (κ2) is 29.4. The Balaban J connectivity index is 2.36. The van der Waals surface area contributed by atoms with Crippen molar-refractivity contribution in [3.63, 3.8) is 0 Å². The molecule has 2 rings (SSSR count). The standard InChI is InChI=1S/C50H76ClN9O13/c1-29(40(62)57-35(16-13-14-25-54-46(68)72-49(6,7)8)42(64)60-39(52)38(61)45(67)53-26-15-27-70-12)56-44(66)37(30(2)71-48(3,4)5)59-43(65)36(28-55-47(69)73-50(9,10)11)58-41(63)33-19-17-31(18-20-33)32-21-23-34(51)24-22-32/h17-24,29-30,35-37,39H,13-16,25-28,52H2,1-12H3,(H,53,67)(H,54,68)(H,55,69)(H,56,66)(H,57,62)(H,58,63)(H,59,65)(H,60,64)/t29-,30+,35-,36-,37-,39+/m0/s1. The molecule has 73 heavy (non-hydrogen) atoms. The minimum atomic E-state index is -1.79. The Hall–Kier alpha value is -6.36. The summed E-state index contributed by atoms with van der Waals surface area (Å²) in [6.07, 6.45) is -3.49. The van der Waals surface area contributed by atoms with Crippen molar-refractivity contribution in [3.8, 4) is 11.1 Å². The second-order valence-electron chi connectivity index (χ2n) is 20.1. The van der Waals surface area contributed by atoms with Gasteiger partial charge in [0.15, 0.2) is 0 Å². The van der Waals surface area contributed by atoms with E-state index in [4.69, 9.17) is 36.3 Å². The van der Waals surface area contributed by atoms with Crippen LogP contribution in [-0.2, 0) is 47.7 Å². The molecule has 10 N–H and O–H groups in total. The summed E-state index contributed by atoms with van der Waals surface area (Å²) in [7, 11) is 1.48. The van der Waals surface area contributed by atoms with Crippen LogP contribution in [0.4, 0.5) is 9.59 Å². The minimum absolute atomic E-state index is 0.0512. The number of ketones is 1. The van der Waals surface area contributed by atoms with Crippen LogP contribution in [0.15, 0.2) is 48.5 Å². The molecule has 2 aromatic rings. The lowest BCUT2D eigenvalue weighted by molar-refractivity contribution is -0.140. The lowest BCUT2D eigenvalue weighted by atomic mass is 10.0. The third-order valence-electron chi connectivity index (χ3n) is 9.97. The minimum Gasteiger partial charge on any atom is -0.444 e. The molecule has 0 bridgehead atoms. The van der Waals surface area contributed by atoms with Crippen LogP contribution in [-0.4, -0.2) is 140 Å². The number of carbonyl (C=O) groups is 9. The maximum absolute atomic E-state index is 14.2. The number of hydrogen-bond acceptors (Lipinski definition) is 14. The highest BCUT2D eigenvalue weighted by molar-refractivity contribution is 6.38. The van der Waals surface area contributed by atoms with E-state index >= 15 is 0 Å². The van der Waals surface area contributed by atoms with Crippen molar-refractivity contribution < 1.29 is 62.1 Å².